The number of nitrogens with zero attached hydrogens (tertiary/aromatic N) is 2. The van der Waals surface area contributed by atoms with E-state index >= 15 is 0 Å². The minimum atomic E-state index is 0.239. The lowest BCUT2D eigenvalue weighted by Crippen LogP contribution is -2.00. The van der Waals surface area contributed by atoms with Crippen LogP contribution in [-0.2, 0) is 0 Å². The number of aromatic hydroxyl groups is 1. The number of hydrogen-bond donors (Lipinski definition) is 1. The Balaban J connectivity index is 2.52. The van der Waals surface area contributed by atoms with Gasteiger partial charge < -0.3 is 5.11 Å². The summed E-state index contributed by atoms with van der Waals surface area (Å²) in [4.78, 5) is 0. The highest BCUT2D eigenvalue weighted by Crippen LogP contribution is 2.30. The second-order valence-corrected chi connectivity index (χ2v) is 4.25. The fourth-order valence-electron chi connectivity index (χ4n) is 1.68. The van der Waals surface area contributed by atoms with Gasteiger partial charge in [0.2, 0.25) is 0 Å². The Hall–Kier alpha value is -1.77. The normalized spacial score (nSPS) is 11.0. The number of rotatable bonds is 2. The van der Waals surface area contributed by atoms with Crippen LogP contribution in [0.3, 0.4) is 0 Å². The SMILES string of the molecule is Cc1ccccc1-c1nn(C(C)C)cc1O. The van der Waals surface area contributed by atoms with Crippen molar-refractivity contribution in [2.45, 2.75) is 26.8 Å². The van der Waals surface area contributed by atoms with Crippen molar-refractivity contribution in [2.24, 2.45) is 0 Å². The van der Waals surface area contributed by atoms with Gasteiger partial charge in [0, 0.05) is 11.6 Å². The van der Waals surface area contributed by atoms with Gasteiger partial charge in [-0.15, -0.1) is 0 Å². The first-order valence-corrected chi connectivity index (χ1v) is 5.43. The molecule has 3 heteroatoms. The van der Waals surface area contributed by atoms with Crippen molar-refractivity contribution >= 4 is 0 Å². The third kappa shape index (κ3) is 1.81. The molecule has 0 unspecified atom stereocenters. The van der Waals surface area contributed by atoms with Gasteiger partial charge in [-0.3, -0.25) is 4.68 Å². The molecule has 0 spiro atoms. The zero-order valence-electron chi connectivity index (χ0n) is 9.81. The van der Waals surface area contributed by atoms with Crippen molar-refractivity contribution in [1.29, 1.82) is 0 Å². The van der Waals surface area contributed by atoms with Crippen molar-refractivity contribution in [2.75, 3.05) is 0 Å². The van der Waals surface area contributed by atoms with Crippen LogP contribution in [0.15, 0.2) is 30.5 Å². The van der Waals surface area contributed by atoms with E-state index < -0.39 is 0 Å². The van der Waals surface area contributed by atoms with Crippen LogP contribution in [0.2, 0.25) is 0 Å². The molecule has 0 aliphatic heterocycles. The van der Waals surface area contributed by atoms with Gasteiger partial charge in [-0.05, 0) is 26.3 Å². The van der Waals surface area contributed by atoms with Crippen molar-refractivity contribution in [3.8, 4) is 17.0 Å². The van der Waals surface area contributed by atoms with Gasteiger partial charge >= 0.3 is 0 Å². The van der Waals surface area contributed by atoms with Crippen molar-refractivity contribution in [1.82, 2.24) is 9.78 Å². The molecule has 2 rings (SSSR count). The van der Waals surface area contributed by atoms with Crippen LogP contribution in [0, 0.1) is 6.92 Å². The highest BCUT2D eigenvalue weighted by molar-refractivity contribution is 5.68. The van der Waals surface area contributed by atoms with Crippen molar-refractivity contribution in [3.63, 3.8) is 0 Å². The lowest BCUT2D eigenvalue weighted by Gasteiger charge is -2.04. The summed E-state index contributed by atoms with van der Waals surface area (Å²) in [6, 6.07) is 8.18. The van der Waals surface area contributed by atoms with E-state index in [1.807, 2.05) is 45.0 Å². The fraction of sp³-hybridized carbons (Fsp3) is 0.308. The quantitative estimate of drug-likeness (QED) is 0.837. The molecule has 0 radical (unpaired) electrons. The molecule has 0 saturated carbocycles. The average Bonchev–Trinajstić information content (AvgIpc) is 2.61. The van der Waals surface area contributed by atoms with E-state index in [-0.39, 0.29) is 11.8 Å². The van der Waals surface area contributed by atoms with Crippen LogP contribution < -0.4 is 0 Å². The molecule has 1 heterocycles. The standard InChI is InChI=1S/C13H16N2O/c1-9(2)15-8-12(16)13(14-15)11-7-5-4-6-10(11)3/h4-9,16H,1-3H3. The van der Waals surface area contributed by atoms with E-state index in [0.29, 0.717) is 5.69 Å². The summed E-state index contributed by atoms with van der Waals surface area (Å²) in [6.07, 6.45) is 1.67. The summed E-state index contributed by atoms with van der Waals surface area (Å²) in [7, 11) is 0. The van der Waals surface area contributed by atoms with Crippen LogP contribution >= 0.6 is 0 Å². The Morgan fingerprint density at radius 1 is 1.25 bits per heavy atom. The van der Waals surface area contributed by atoms with E-state index in [1.165, 1.54) is 0 Å². The van der Waals surface area contributed by atoms with E-state index in [2.05, 4.69) is 5.10 Å². The first-order chi connectivity index (χ1) is 7.59. The second-order valence-electron chi connectivity index (χ2n) is 4.25. The lowest BCUT2D eigenvalue weighted by molar-refractivity contribution is 0.471. The molecule has 2 aromatic rings. The number of aryl methyl sites for hydroxylation is 1. The summed E-state index contributed by atoms with van der Waals surface area (Å²) in [5.41, 5.74) is 2.76. The molecule has 1 N–H and O–H groups in total. The molecule has 1 aromatic carbocycles. The molecule has 0 amide bonds. The predicted octanol–water partition coefficient (Wildman–Crippen LogP) is 3.15. The maximum absolute atomic E-state index is 9.87. The first-order valence-electron chi connectivity index (χ1n) is 5.43. The molecule has 0 fully saturated rings. The van der Waals surface area contributed by atoms with Crippen LogP contribution in [0.25, 0.3) is 11.3 Å². The molecular weight excluding hydrogens is 200 g/mol. The molecule has 0 aliphatic rings. The molecular formula is C13H16N2O. The average molecular weight is 216 g/mol. The maximum Gasteiger partial charge on any atom is 0.161 e. The predicted molar refractivity (Wildman–Crippen MR) is 64.4 cm³/mol. The molecule has 1 aromatic heterocycles. The molecule has 0 saturated heterocycles. The van der Waals surface area contributed by atoms with Crippen molar-refractivity contribution in [3.05, 3.63) is 36.0 Å². The van der Waals surface area contributed by atoms with E-state index in [0.717, 1.165) is 11.1 Å². The van der Waals surface area contributed by atoms with Gasteiger partial charge in [-0.25, -0.2) is 0 Å². The van der Waals surface area contributed by atoms with Gasteiger partial charge in [-0.1, -0.05) is 24.3 Å². The zero-order chi connectivity index (χ0) is 11.7. The molecule has 84 valence electrons. The van der Waals surface area contributed by atoms with E-state index in [4.69, 9.17) is 0 Å². The topological polar surface area (TPSA) is 38.0 Å². The Kier molecular flexibility index (Phi) is 2.69. The van der Waals surface area contributed by atoms with Crippen molar-refractivity contribution < 1.29 is 5.11 Å². The molecule has 0 atom stereocenters. The number of aromatic nitrogens is 2. The molecule has 16 heavy (non-hydrogen) atoms. The smallest absolute Gasteiger partial charge is 0.161 e. The first kappa shape index (κ1) is 10.7. The summed E-state index contributed by atoms with van der Waals surface area (Å²) in [5.74, 6) is 0.239. The third-order valence-corrected chi connectivity index (χ3v) is 2.64. The van der Waals surface area contributed by atoms with E-state index in [1.54, 1.807) is 10.9 Å². The summed E-state index contributed by atoms with van der Waals surface area (Å²) in [6.45, 7) is 6.09. The zero-order valence-corrected chi connectivity index (χ0v) is 9.81. The second kappa shape index (κ2) is 4.00. The minimum Gasteiger partial charge on any atom is -0.504 e. The maximum atomic E-state index is 9.87. The largest absolute Gasteiger partial charge is 0.504 e. The minimum absolute atomic E-state index is 0.239. The van der Waals surface area contributed by atoms with Crippen LogP contribution in [0.5, 0.6) is 5.75 Å². The summed E-state index contributed by atoms with van der Waals surface area (Å²) < 4.78 is 1.77. The molecule has 0 aliphatic carbocycles. The Labute approximate surface area is 95.3 Å². The highest BCUT2D eigenvalue weighted by Gasteiger charge is 2.12. The van der Waals surface area contributed by atoms with Gasteiger partial charge in [-0.2, -0.15) is 5.10 Å². The third-order valence-electron chi connectivity index (χ3n) is 2.64. The Bertz CT molecular complexity index is 500. The van der Waals surface area contributed by atoms with Crippen LogP contribution in [-0.4, -0.2) is 14.9 Å². The van der Waals surface area contributed by atoms with Gasteiger partial charge in [0.15, 0.2) is 5.75 Å². The molecule has 3 nitrogen and oxygen atoms in total. The summed E-state index contributed by atoms with van der Waals surface area (Å²) in [5, 5.41) is 14.3. The number of benzene rings is 1. The van der Waals surface area contributed by atoms with Crippen LogP contribution in [0.4, 0.5) is 0 Å². The Morgan fingerprint density at radius 3 is 2.50 bits per heavy atom. The van der Waals surface area contributed by atoms with Gasteiger partial charge in [0.1, 0.15) is 5.69 Å². The lowest BCUT2D eigenvalue weighted by atomic mass is 10.1. The number of hydrogen-bond acceptors (Lipinski definition) is 2. The van der Waals surface area contributed by atoms with Gasteiger partial charge in [0.25, 0.3) is 0 Å². The molecule has 0 bridgehead atoms. The highest BCUT2D eigenvalue weighted by atomic mass is 16.3. The monoisotopic (exact) mass is 216 g/mol. The van der Waals surface area contributed by atoms with Gasteiger partial charge in [0.05, 0.1) is 6.20 Å². The summed E-state index contributed by atoms with van der Waals surface area (Å²) >= 11 is 0. The van der Waals surface area contributed by atoms with E-state index in [9.17, 15) is 5.11 Å². The Morgan fingerprint density at radius 2 is 1.94 bits per heavy atom. The fourth-order valence-corrected chi connectivity index (χ4v) is 1.68. The van der Waals surface area contributed by atoms with Crippen LogP contribution in [0.1, 0.15) is 25.5 Å².